The second-order valence-corrected chi connectivity index (χ2v) is 15.6. The van der Waals surface area contributed by atoms with Gasteiger partial charge in [-0.2, -0.15) is 0 Å². The van der Waals surface area contributed by atoms with Gasteiger partial charge in [0.25, 0.3) is 0 Å². The van der Waals surface area contributed by atoms with E-state index in [0.717, 1.165) is 24.7 Å². The van der Waals surface area contributed by atoms with E-state index in [1.165, 1.54) is 24.7 Å². The van der Waals surface area contributed by atoms with E-state index < -0.39 is 42.6 Å². The van der Waals surface area contributed by atoms with Crippen LogP contribution in [0.5, 0.6) is 0 Å². The number of aryl methyl sites for hydroxylation is 1. The maximum atomic E-state index is 13.5. The number of carbonyl (C=O) groups is 5. The Hall–Kier alpha value is -3.55. The lowest BCUT2D eigenvalue weighted by molar-refractivity contribution is -0.146. The highest BCUT2D eigenvalue weighted by atomic mass is 16.5. The van der Waals surface area contributed by atoms with E-state index in [1.807, 2.05) is 45.9 Å². The minimum atomic E-state index is -1.14. The van der Waals surface area contributed by atoms with Crippen LogP contribution in [0.3, 0.4) is 0 Å². The first-order valence-corrected chi connectivity index (χ1v) is 20.7. The highest BCUT2D eigenvalue weighted by Gasteiger charge is 2.41. The standard InChI is InChI=1S/C24H42N4O8.C7H17N.C7H8.C4H10.C2H6/c1-7-15(2)22(27(4)20(31)12-25-14-29)18(35-5)11-19(30)28-10-8-9-17(28)23(36-6)16(3)24(34)26-13-21(32)33;1-6(2)7(3)8(4)5;1-7-5-3-2-4-6-7;1-4(2)3;1-2/h14-18,22-23H,7-13H2,1-6H3,(H,25,29)(H,26,34)(H,32,33);6-7H,1-5H3;2-6H,1H3;4H,1-3H3;1-2H3. The summed E-state index contributed by atoms with van der Waals surface area (Å²) in [6.45, 7) is 24.8. The average molecular weight is 810 g/mol. The molecule has 13 heteroatoms. The number of nitrogens with zero attached hydrogens (tertiary/aromatic N) is 3. The van der Waals surface area contributed by atoms with Crippen molar-refractivity contribution in [3.8, 4) is 0 Å². The van der Waals surface area contributed by atoms with Crippen molar-refractivity contribution in [2.24, 2.45) is 23.7 Å². The first-order valence-electron chi connectivity index (χ1n) is 20.7. The third-order valence-corrected chi connectivity index (χ3v) is 9.77. The van der Waals surface area contributed by atoms with Gasteiger partial charge in [-0.25, -0.2) is 0 Å². The molecule has 13 nitrogen and oxygen atoms in total. The summed E-state index contributed by atoms with van der Waals surface area (Å²) in [5.41, 5.74) is 1.32. The molecule has 1 aromatic carbocycles. The molecule has 0 bridgehead atoms. The zero-order valence-electron chi connectivity index (χ0n) is 38.8. The molecule has 4 amide bonds. The normalized spacial score (nSPS) is 16.3. The molecule has 57 heavy (non-hydrogen) atoms. The first kappa shape index (κ1) is 57.8. The SMILES string of the molecule is CC.CC(C)C.CC(C)C(C)N(C)C.CCC(C)C(C(CC(=O)N1CCCC1C(OC)C(C)C(=O)NCC(=O)O)OC)N(C)C(=O)CNC=O.Cc1ccccc1. The number of amides is 4. The molecule has 0 radical (unpaired) electrons. The van der Waals surface area contributed by atoms with Crippen molar-refractivity contribution in [3.63, 3.8) is 0 Å². The summed E-state index contributed by atoms with van der Waals surface area (Å²) in [4.78, 5) is 65.5. The Bertz CT molecular complexity index is 1210. The number of aliphatic carboxylic acids is 1. The minimum Gasteiger partial charge on any atom is -0.480 e. The Morgan fingerprint density at radius 3 is 1.84 bits per heavy atom. The van der Waals surface area contributed by atoms with Crippen molar-refractivity contribution in [3.05, 3.63) is 35.9 Å². The topological polar surface area (TPSA) is 158 Å². The Labute approximate surface area is 347 Å². The van der Waals surface area contributed by atoms with Gasteiger partial charge in [-0.15, -0.1) is 0 Å². The molecule has 1 aromatic rings. The fourth-order valence-corrected chi connectivity index (χ4v) is 6.03. The van der Waals surface area contributed by atoms with Gasteiger partial charge in [0.2, 0.25) is 24.1 Å². The summed E-state index contributed by atoms with van der Waals surface area (Å²) in [5, 5.41) is 13.6. The molecule has 0 spiro atoms. The van der Waals surface area contributed by atoms with E-state index in [1.54, 1.807) is 18.9 Å². The van der Waals surface area contributed by atoms with Crippen LogP contribution in [0.25, 0.3) is 0 Å². The predicted molar refractivity (Wildman–Crippen MR) is 232 cm³/mol. The van der Waals surface area contributed by atoms with Gasteiger partial charge in [-0.3, -0.25) is 24.0 Å². The van der Waals surface area contributed by atoms with Crippen molar-refractivity contribution in [1.29, 1.82) is 0 Å². The molecule has 3 N–H and O–H groups in total. The molecular weight excluding hydrogens is 727 g/mol. The Morgan fingerprint density at radius 1 is 0.930 bits per heavy atom. The summed E-state index contributed by atoms with van der Waals surface area (Å²) in [5.74, 6) is -1.12. The number of ether oxygens (including phenoxy) is 2. The monoisotopic (exact) mass is 810 g/mol. The van der Waals surface area contributed by atoms with Gasteiger partial charge >= 0.3 is 5.97 Å². The Balaban J connectivity index is -0.00000112. The lowest BCUT2D eigenvalue weighted by Gasteiger charge is -2.39. The van der Waals surface area contributed by atoms with Crippen LogP contribution in [0.4, 0.5) is 0 Å². The number of likely N-dealkylation sites (tertiary alicyclic amines) is 1. The molecule has 332 valence electrons. The number of carbonyl (C=O) groups excluding carboxylic acids is 4. The van der Waals surface area contributed by atoms with Crippen molar-refractivity contribution >= 4 is 30.1 Å². The van der Waals surface area contributed by atoms with Gasteiger partial charge in [0.15, 0.2) is 0 Å². The molecule has 1 aliphatic heterocycles. The zero-order chi connectivity index (χ0) is 44.8. The third kappa shape index (κ3) is 24.7. The lowest BCUT2D eigenvalue weighted by atomic mass is 9.90. The molecule has 7 unspecified atom stereocenters. The van der Waals surface area contributed by atoms with Gasteiger partial charge in [0.05, 0.1) is 43.2 Å². The number of nitrogens with one attached hydrogen (secondary N) is 2. The van der Waals surface area contributed by atoms with Crippen molar-refractivity contribution in [1.82, 2.24) is 25.3 Å². The quantitative estimate of drug-likeness (QED) is 0.149. The highest BCUT2D eigenvalue weighted by Crippen LogP contribution is 2.29. The summed E-state index contributed by atoms with van der Waals surface area (Å²) < 4.78 is 11.3. The van der Waals surface area contributed by atoms with Crippen LogP contribution in [-0.4, -0.2) is 135 Å². The number of methoxy groups -OCH3 is 2. The van der Waals surface area contributed by atoms with Gasteiger partial charge in [0, 0.05) is 33.9 Å². The van der Waals surface area contributed by atoms with E-state index in [0.29, 0.717) is 25.4 Å². The van der Waals surface area contributed by atoms with Crippen LogP contribution in [-0.2, 0) is 33.4 Å². The van der Waals surface area contributed by atoms with Gasteiger partial charge in [-0.05, 0) is 58.5 Å². The Morgan fingerprint density at radius 2 is 1.47 bits per heavy atom. The van der Waals surface area contributed by atoms with E-state index in [4.69, 9.17) is 14.6 Å². The second kappa shape index (κ2) is 33.4. The number of hydrogen-bond donors (Lipinski definition) is 3. The number of benzene rings is 1. The maximum absolute atomic E-state index is 13.5. The number of carboxylic acids is 1. The molecule has 7 atom stereocenters. The number of carboxylic acid groups (broad SMARTS) is 1. The van der Waals surface area contributed by atoms with Crippen LogP contribution < -0.4 is 10.6 Å². The van der Waals surface area contributed by atoms with Crippen molar-refractivity contribution in [2.45, 2.75) is 139 Å². The largest absolute Gasteiger partial charge is 0.480 e. The molecule has 0 aromatic heterocycles. The molecular formula is C44H83N5O8. The van der Waals surface area contributed by atoms with E-state index >= 15 is 0 Å². The summed E-state index contributed by atoms with van der Waals surface area (Å²) in [6.07, 6.45) is 1.41. The van der Waals surface area contributed by atoms with E-state index in [-0.39, 0.29) is 36.7 Å². The third-order valence-electron chi connectivity index (χ3n) is 9.77. The molecule has 2 rings (SSSR count). The average Bonchev–Trinajstić information content (AvgIpc) is 3.66. The number of hydrogen-bond acceptors (Lipinski definition) is 8. The maximum Gasteiger partial charge on any atom is 0.322 e. The van der Waals surface area contributed by atoms with E-state index in [2.05, 4.69) is 90.2 Å². The van der Waals surface area contributed by atoms with E-state index in [9.17, 15) is 24.0 Å². The van der Waals surface area contributed by atoms with Crippen LogP contribution in [0, 0.1) is 30.6 Å². The van der Waals surface area contributed by atoms with Crippen molar-refractivity contribution in [2.75, 3.05) is 55.0 Å². The number of rotatable bonds is 18. The molecule has 1 heterocycles. The van der Waals surface area contributed by atoms with Crippen LogP contribution in [0.1, 0.15) is 107 Å². The summed E-state index contributed by atoms with van der Waals surface area (Å²) in [7, 11) is 8.84. The number of likely N-dealkylation sites (N-methyl/N-ethyl adjacent to an activating group) is 1. The van der Waals surface area contributed by atoms with Gasteiger partial charge in [-0.1, -0.05) is 112 Å². The first-order chi connectivity index (χ1) is 26.7. The fourth-order valence-electron chi connectivity index (χ4n) is 6.03. The Kier molecular flexibility index (Phi) is 33.9. The predicted octanol–water partition coefficient (Wildman–Crippen LogP) is 6.13. The van der Waals surface area contributed by atoms with Gasteiger partial charge < -0.3 is 39.9 Å². The molecule has 1 aliphatic rings. The zero-order valence-corrected chi connectivity index (χ0v) is 38.8. The van der Waals surface area contributed by atoms with Crippen LogP contribution in [0.15, 0.2) is 30.3 Å². The lowest BCUT2D eigenvalue weighted by Crippen LogP contribution is -2.54. The fraction of sp³-hybridized carbons (Fsp3) is 0.750. The second-order valence-electron chi connectivity index (χ2n) is 15.6. The summed E-state index contributed by atoms with van der Waals surface area (Å²) >= 11 is 0. The molecule has 0 aliphatic carbocycles. The molecule has 0 saturated carbocycles. The highest BCUT2D eigenvalue weighted by molar-refractivity contribution is 5.83. The minimum absolute atomic E-state index is 0.0204. The summed E-state index contributed by atoms with van der Waals surface area (Å²) in [6, 6.07) is 10.2. The van der Waals surface area contributed by atoms with Crippen LogP contribution in [0.2, 0.25) is 0 Å². The van der Waals surface area contributed by atoms with Crippen molar-refractivity contribution < 1.29 is 38.6 Å². The molecule has 1 fully saturated rings. The van der Waals surface area contributed by atoms with Gasteiger partial charge in [0.1, 0.15) is 6.54 Å². The smallest absolute Gasteiger partial charge is 0.322 e. The van der Waals surface area contributed by atoms with Crippen LogP contribution >= 0.6 is 0 Å². The molecule has 1 saturated heterocycles.